The van der Waals surface area contributed by atoms with Crippen LogP contribution in [0.2, 0.25) is 0 Å². The molecule has 0 spiro atoms. The van der Waals surface area contributed by atoms with E-state index in [4.69, 9.17) is 9.15 Å². The van der Waals surface area contributed by atoms with Crippen LogP contribution in [-0.2, 0) is 27.3 Å². The van der Waals surface area contributed by atoms with E-state index in [2.05, 4.69) is 24.0 Å². The Bertz CT molecular complexity index is 904. The van der Waals surface area contributed by atoms with Gasteiger partial charge in [0, 0.05) is 12.6 Å². The van der Waals surface area contributed by atoms with Gasteiger partial charge in [-0.05, 0) is 57.2 Å². The highest BCUT2D eigenvalue weighted by Gasteiger charge is 2.35. The lowest BCUT2D eigenvalue weighted by Crippen LogP contribution is -2.53. The van der Waals surface area contributed by atoms with E-state index in [1.165, 1.54) is 12.0 Å². The van der Waals surface area contributed by atoms with Crippen LogP contribution in [0.4, 0.5) is 0 Å². The first-order valence-corrected chi connectivity index (χ1v) is 13.3. The largest absolute Gasteiger partial charge is 0.465 e. The SMILES string of the molecule is CCC[C@@H](C(=O)OCC)N(CC(=O)N(CCc1ccccc1)Cc1ccc(C)o1)C1CCCCC1. The van der Waals surface area contributed by atoms with Crippen molar-refractivity contribution in [3.05, 3.63) is 59.5 Å². The summed E-state index contributed by atoms with van der Waals surface area (Å²) in [5.74, 6) is 1.45. The number of nitrogens with zero attached hydrogens (tertiary/aromatic N) is 2. The third-order valence-corrected chi connectivity index (χ3v) is 6.89. The quantitative estimate of drug-likeness (QED) is 0.352. The molecule has 1 amide bonds. The van der Waals surface area contributed by atoms with E-state index >= 15 is 0 Å². The highest BCUT2D eigenvalue weighted by molar-refractivity contribution is 5.80. The van der Waals surface area contributed by atoms with Crippen molar-refractivity contribution in [2.75, 3.05) is 19.7 Å². The molecule has 6 nitrogen and oxygen atoms in total. The molecule has 2 aromatic rings. The maximum Gasteiger partial charge on any atom is 0.323 e. The number of amides is 1. The Morgan fingerprint density at radius 1 is 1.06 bits per heavy atom. The Labute approximate surface area is 210 Å². The average molecular weight is 483 g/mol. The molecule has 0 aliphatic heterocycles. The highest BCUT2D eigenvalue weighted by Crippen LogP contribution is 2.26. The number of aryl methyl sites for hydroxylation is 1. The molecule has 1 aromatic carbocycles. The number of esters is 1. The van der Waals surface area contributed by atoms with Crippen LogP contribution in [0.25, 0.3) is 0 Å². The second-order valence-electron chi connectivity index (χ2n) is 9.58. The predicted molar refractivity (Wildman–Crippen MR) is 138 cm³/mol. The van der Waals surface area contributed by atoms with Crippen molar-refractivity contribution in [3.8, 4) is 0 Å². The molecular weight excluding hydrogens is 440 g/mol. The molecule has 0 bridgehead atoms. The van der Waals surface area contributed by atoms with E-state index in [9.17, 15) is 9.59 Å². The third-order valence-electron chi connectivity index (χ3n) is 6.89. The molecule has 0 unspecified atom stereocenters. The molecule has 0 radical (unpaired) electrons. The Balaban J connectivity index is 1.81. The number of furan rings is 1. The number of ether oxygens (including phenoxy) is 1. The van der Waals surface area contributed by atoms with E-state index in [0.29, 0.717) is 26.1 Å². The van der Waals surface area contributed by atoms with Gasteiger partial charge < -0.3 is 14.1 Å². The van der Waals surface area contributed by atoms with E-state index in [0.717, 1.165) is 50.0 Å². The lowest BCUT2D eigenvalue weighted by atomic mass is 9.92. The topological polar surface area (TPSA) is 63.0 Å². The van der Waals surface area contributed by atoms with Crippen molar-refractivity contribution in [1.29, 1.82) is 0 Å². The number of carbonyl (C=O) groups excluding carboxylic acids is 2. The van der Waals surface area contributed by atoms with Gasteiger partial charge in [0.25, 0.3) is 0 Å². The molecular formula is C29H42N2O4. The first-order chi connectivity index (χ1) is 17.0. The number of benzene rings is 1. The van der Waals surface area contributed by atoms with E-state index < -0.39 is 0 Å². The van der Waals surface area contributed by atoms with E-state index in [-0.39, 0.29) is 30.5 Å². The predicted octanol–water partition coefficient (Wildman–Crippen LogP) is 5.53. The van der Waals surface area contributed by atoms with Gasteiger partial charge in [0.1, 0.15) is 17.6 Å². The minimum atomic E-state index is -0.381. The maximum absolute atomic E-state index is 13.8. The molecule has 35 heavy (non-hydrogen) atoms. The zero-order valence-corrected chi connectivity index (χ0v) is 21.7. The molecule has 1 saturated carbocycles. The molecule has 1 aliphatic rings. The van der Waals surface area contributed by atoms with Gasteiger partial charge in [-0.3, -0.25) is 14.5 Å². The molecule has 6 heteroatoms. The zero-order chi connectivity index (χ0) is 25.0. The normalized spacial score (nSPS) is 15.2. The van der Waals surface area contributed by atoms with Crippen molar-refractivity contribution < 1.29 is 18.7 Å². The van der Waals surface area contributed by atoms with E-state index in [1.54, 1.807) is 0 Å². The number of hydrogen-bond donors (Lipinski definition) is 0. The highest BCUT2D eigenvalue weighted by atomic mass is 16.5. The fourth-order valence-corrected chi connectivity index (χ4v) is 5.05. The number of rotatable bonds is 13. The van der Waals surface area contributed by atoms with Gasteiger partial charge in [-0.25, -0.2) is 0 Å². The summed E-state index contributed by atoms with van der Waals surface area (Å²) in [6.07, 6.45) is 7.88. The second-order valence-corrected chi connectivity index (χ2v) is 9.58. The van der Waals surface area contributed by atoms with Gasteiger partial charge >= 0.3 is 5.97 Å². The Hall–Kier alpha value is -2.60. The fourth-order valence-electron chi connectivity index (χ4n) is 5.05. The summed E-state index contributed by atoms with van der Waals surface area (Å²) < 4.78 is 11.3. The smallest absolute Gasteiger partial charge is 0.323 e. The van der Waals surface area contributed by atoms with Gasteiger partial charge in [0.05, 0.1) is 19.7 Å². The molecule has 3 rings (SSSR count). The summed E-state index contributed by atoms with van der Waals surface area (Å²) in [6, 6.07) is 14.0. The van der Waals surface area contributed by atoms with Gasteiger partial charge in [-0.2, -0.15) is 0 Å². The maximum atomic E-state index is 13.8. The van der Waals surface area contributed by atoms with Gasteiger partial charge in [-0.1, -0.05) is 62.9 Å². The number of carbonyl (C=O) groups is 2. The van der Waals surface area contributed by atoms with Gasteiger partial charge in [-0.15, -0.1) is 0 Å². The lowest BCUT2D eigenvalue weighted by Gasteiger charge is -2.39. The third kappa shape index (κ3) is 8.24. The van der Waals surface area contributed by atoms with Gasteiger partial charge in [0.15, 0.2) is 0 Å². The molecule has 1 atom stereocenters. The molecule has 1 aliphatic carbocycles. The average Bonchev–Trinajstić information content (AvgIpc) is 3.29. The Morgan fingerprint density at radius 2 is 1.80 bits per heavy atom. The van der Waals surface area contributed by atoms with Crippen LogP contribution >= 0.6 is 0 Å². The van der Waals surface area contributed by atoms with Crippen LogP contribution < -0.4 is 0 Å². The monoisotopic (exact) mass is 482 g/mol. The van der Waals surface area contributed by atoms with Crippen molar-refractivity contribution in [1.82, 2.24) is 9.80 Å². The Kier molecular flexibility index (Phi) is 10.9. The molecule has 1 aromatic heterocycles. The fraction of sp³-hybridized carbons (Fsp3) is 0.586. The first-order valence-electron chi connectivity index (χ1n) is 13.3. The first kappa shape index (κ1) is 27.0. The van der Waals surface area contributed by atoms with Crippen LogP contribution in [-0.4, -0.2) is 53.5 Å². The molecule has 0 N–H and O–H groups in total. The Morgan fingerprint density at radius 3 is 2.43 bits per heavy atom. The molecule has 1 fully saturated rings. The van der Waals surface area contributed by atoms with Crippen molar-refractivity contribution in [2.45, 2.75) is 90.8 Å². The summed E-state index contributed by atoms with van der Waals surface area (Å²) in [5, 5.41) is 0. The van der Waals surface area contributed by atoms with Gasteiger partial charge in [0.2, 0.25) is 5.91 Å². The van der Waals surface area contributed by atoms with E-state index in [1.807, 2.05) is 49.1 Å². The molecule has 192 valence electrons. The lowest BCUT2D eigenvalue weighted by molar-refractivity contribution is -0.152. The molecule has 1 heterocycles. The van der Waals surface area contributed by atoms with Crippen LogP contribution in [0.15, 0.2) is 46.9 Å². The summed E-state index contributed by atoms with van der Waals surface area (Å²) in [7, 11) is 0. The summed E-state index contributed by atoms with van der Waals surface area (Å²) in [6.45, 7) is 7.44. The number of hydrogen-bond acceptors (Lipinski definition) is 5. The molecule has 0 saturated heterocycles. The summed E-state index contributed by atoms with van der Waals surface area (Å²) in [5.41, 5.74) is 1.19. The van der Waals surface area contributed by atoms with Crippen LogP contribution in [0.3, 0.4) is 0 Å². The summed E-state index contributed by atoms with van der Waals surface area (Å²) >= 11 is 0. The second kappa shape index (κ2) is 14.1. The van der Waals surface area contributed by atoms with Crippen LogP contribution in [0.1, 0.15) is 75.9 Å². The van der Waals surface area contributed by atoms with Crippen molar-refractivity contribution >= 4 is 11.9 Å². The minimum absolute atomic E-state index is 0.0333. The van der Waals surface area contributed by atoms with Crippen LogP contribution in [0.5, 0.6) is 0 Å². The van der Waals surface area contributed by atoms with Crippen molar-refractivity contribution in [2.24, 2.45) is 0 Å². The standard InChI is InChI=1S/C29H42N2O4/c1-4-12-27(29(33)34-5-2)31(25-15-10-7-11-16-25)22-28(32)30(21-26-18-17-23(3)35-26)20-19-24-13-8-6-9-14-24/h6,8-9,13-14,17-18,25,27H,4-5,7,10-12,15-16,19-22H2,1-3H3/t27-/m0/s1. The van der Waals surface area contributed by atoms with Crippen molar-refractivity contribution in [3.63, 3.8) is 0 Å². The van der Waals surface area contributed by atoms with Crippen LogP contribution in [0, 0.1) is 6.92 Å². The minimum Gasteiger partial charge on any atom is -0.465 e. The zero-order valence-electron chi connectivity index (χ0n) is 21.7. The summed E-state index contributed by atoms with van der Waals surface area (Å²) in [4.78, 5) is 30.8.